The second kappa shape index (κ2) is 3.05. The highest BCUT2D eigenvalue weighted by Gasteiger charge is 2.24. The van der Waals surface area contributed by atoms with E-state index < -0.39 is 0 Å². The van der Waals surface area contributed by atoms with Crippen molar-refractivity contribution in [1.29, 1.82) is 0 Å². The average molecular weight is 141 g/mol. The van der Waals surface area contributed by atoms with E-state index in [2.05, 4.69) is 4.90 Å². The lowest BCUT2D eigenvalue weighted by atomic mass is 9.89. The van der Waals surface area contributed by atoms with E-state index in [4.69, 9.17) is 0 Å². The van der Waals surface area contributed by atoms with Gasteiger partial charge in [0.1, 0.15) is 0 Å². The Morgan fingerprint density at radius 3 is 1.44 bits per heavy atom. The lowest BCUT2D eigenvalue weighted by Crippen LogP contribution is -2.41. The van der Waals surface area contributed by atoms with Crippen LogP contribution in [0.3, 0.4) is 0 Å². The third-order valence-electron chi connectivity index (χ3n) is 2.56. The lowest BCUT2D eigenvalue weighted by Gasteiger charge is -2.38. The van der Waals surface area contributed by atoms with Crippen LogP contribution in [-0.4, -0.2) is 41.9 Å². The first-order valence-electron chi connectivity index (χ1n) is 3.67. The molecule has 3 saturated heterocycles. The van der Waals surface area contributed by atoms with Gasteiger partial charge in [-0.1, -0.05) is 0 Å². The van der Waals surface area contributed by atoms with Crippen molar-refractivity contribution in [1.82, 2.24) is 4.90 Å². The fourth-order valence-electron chi connectivity index (χ4n) is 1.86. The Hall–Kier alpha value is 0.492. The molecule has 1 nitrogen and oxygen atoms in total. The molecule has 3 aliphatic heterocycles. The molecule has 3 rings (SSSR count). The van der Waals surface area contributed by atoms with Gasteiger partial charge in [-0.3, -0.25) is 0 Å². The Balaban J connectivity index is 0.000000405. The van der Waals surface area contributed by atoms with E-state index in [1.807, 2.05) is 0 Å². The summed E-state index contributed by atoms with van der Waals surface area (Å²) in [7, 11) is 0. The van der Waals surface area contributed by atoms with Crippen LogP contribution in [-0.2, 0) is 0 Å². The van der Waals surface area contributed by atoms with E-state index in [0.29, 0.717) is 0 Å². The van der Waals surface area contributed by atoms with Gasteiger partial charge < -0.3 is 4.90 Å². The summed E-state index contributed by atoms with van der Waals surface area (Å²) in [5.41, 5.74) is 0. The summed E-state index contributed by atoms with van der Waals surface area (Å²) in [5.74, 6) is 1.11. The van der Waals surface area contributed by atoms with Crippen molar-refractivity contribution in [2.75, 3.05) is 19.6 Å². The number of nitrogens with zero attached hydrogens (tertiary/aromatic N) is 1. The van der Waals surface area contributed by atoms with Crippen molar-refractivity contribution in [3.63, 3.8) is 0 Å². The molecule has 0 spiro atoms. The number of hydrogen-bond donors (Lipinski definition) is 0. The van der Waals surface area contributed by atoms with Crippen LogP contribution in [0.5, 0.6) is 0 Å². The molecule has 52 valence electrons. The van der Waals surface area contributed by atoms with Crippen molar-refractivity contribution >= 4 is 17.4 Å². The Morgan fingerprint density at radius 1 is 0.889 bits per heavy atom. The molecule has 0 radical (unpaired) electrons. The number of hydrogen-bond acceptors (Lipinski definition) is 1. The highest BCUT2D eigenvalue weighted by atomic mass is 27.0. The minimum Gasteiger partial charge on any atom is -0.303 e. The Morgan fingerprint density at radius 2 is 1.33 bits per heavy atom. The molecule has 0 amide bonds. The van der Waals surface area contributed by atoms with Crippen LogP contribution in [0.15, 0.2) is 0 Å². The quantitative estimate of drug-likeness (QED) is 0.426. The Bertz CT molecular complexity index is 63.9. The lowest BCUT2D eigenvalue weighted by molar-refractivity contribution is 0.111. The molecule has 0 saturated carbocycles. The van der Waals surface area contributed by atoms with Crippen LogP contribution >= 0.6 is 0 Å². The predicted octanol–water partition coefficient (Wildman–Crippen LogP) is -0.0818. The largest absolute Gasteiger partial charge is 0.303 e. The van der Waals surface area contributed by atoms with Gasteiger partial charge in [-0.15, -0.1) is 0 Å². The van der Waals surface area contributed by atoms with Crippen LogP contribution in [0.4, 0.5) is 0 Å². The van der Waals surface area contributed by atoms with Crippen LogP contribution in [0.2, 0.25) is 0 Å². The molecule has 0 aromatic heterocycles. The molecule has 3 fully saturated rings. The number of fused-ring (bicyclic) bond motifs is 3. The van der Waals surface area contributed by atoms with E-state index in [1.165, 1.54) is 38.9 Å². The van der Waals surface area contributed by atoms with Gasteiger partial charge in [0.25, 0.3) is 0 Å². The summed E-state index contributed by atoms with van der Waals surface area (Å²) in [6, 6.07) is 0. The van der Waals surface area contributed by atoms with Gasteiger partial charge in [0.2, 0.25) is 0 Å². The fourth-order valence-corrected chi connectivity index (χ4v) is 1.86. The molecule has 2 bridgehead atoms. The third kappa shape index (κ3) is 1.49. The summed E-state index contributed by atoms with van der Waals surface area (Å²) in [4.78, 5) is 2.58. The minimum atomic E-state index is 0. The summed E-state index contributed by atoms with van der Waals surface area (Å²) < 4.78 is 0. The topological polar surface area (TPSA) is 3.24 Å². The van der Waals surface area contributed by atoms with E-state index in [9.17, 15) is 0 Å². The van der Waals surface area contributed by atoms with E-state index in [0.717, 1.165) is 5.92 Å². The second-order valence-corrected chi connectivity index (χ2v) is 3.07. The standard InChI is InChI=1S/C7H13N.Al.3H/c1-4-8-5-2-7(1)3-6-8;;;;/h7H,1-6H2;;;;. The maximum absolute atomic E-state index is 2.58. The smallest absolute Gasteiger partial charge is 0.187 e. The number of rotatable bonds is 0. The third-order valence-corrected chi connectivity index (χ3v) is 2.56. The normalized spacial score (nSPS) is 40.0. The van der Waals surface area contributed by atoms with Crippen molar-refractivity contribution in [2.24, 2.45) is 5.92 Å². The van der Waals surface area contributed by atoms with Gasteiger partial charge in [-0.25, -0.2) is 0 Å². The van der Waals surface area contributed by atoms with Crippen LogP contribution < -0.4 is 0 Å². The highest BCUT2D eigenvalue weighted by Crippen LogP contribution is 2.26. The maximum Gasteiger partial charge on any atom is 0.187 e. The molecule has 0 aliphatic carbocycles. The molecule has 0 aromatic carbocycles. The van der Waals surface area contributed by atoms with Crippen molar-refractivity contribution in [3.05, 3.63) is 0 Å². The molecule has 3 heterocycles. The fraction of sp³-hybridized carbons (Fsp3) is 1.00. The van der Waals surface area contributed by atoms with Crippen molar-refractivity contribution in [3.8, 4) is 0 Å². The second-order valence-electron chi connectivity index (χ2n) is 3.07. The Kier molecular flexibility index (Phi) is 2.58. The number of piperidine rings is 3. The first-order chi connectivity index (χ1) is 3.95. The maximum atomic E-state index is 2.58. The highest BCUT2D eigenvalue weighted by molar-refractivity contribution is 5.75. The molecular formula is C7H16AlN. The molecule has 9 heavy (non-hydrogen) atoms. The van der Waals surface area contributed by atoms with Crippen LogP contribution in [0, 0.1) is 5.92 Å². The van der Waals surface area contributed by atoms with Crippen LogP contribution in [0.1, 0.15) is 19.3 Å². The van der Waals surface area contributed by atoms with E-state index in [1.54, 1.807) is 0 Å². The summed E-state index contributed by atoms with van der Waals surface area (Å²) in [5, 5.41) is 0. The molecule has 0 N–H and O–H groups in total. The summed E-state index contributed by atoms with van der Waals surface area (Å²) >= 11 is 0. The molecule has 2 heteroatoms. The zero-order chi connectivity index (χ0) is 5.40. The monoisotopic (exact) mass is 141 g/mol. The summed E-state index contributed by atoms with van der Waals surface area (Å²) in [6.45, 7) is 4.18. The zero-order valence-electron chi connectivity index (χ0n) is 5.27. The molecule has 0 unspecified atom stereocenters. The van der Waals surface area contributed by atoms with Gasteiger partial charge in [0.15, 0.2) is 17.4 Å². The van der Waals surface area contributed by atoms with Crippen LogP contribution in [0.25, 0.3) is 0 Å². The van der Waals surface area contributed by atoms with Crippen molar-refractivity contribution in [2.45, 2.75) is 19.3 Å². The molecule has 0 aromatic rings. The van der Waals surface area contributed by atoms with Gasteiger partial charge in [-0.2, -0.15) is 0 Å². The zero-order valence-corrected chi connectivity index (χ0v) is 5.27. The van der Waals surface area contributed by atoms with Gasteiger partial charge in [-0.05, 0) is 44.8 Å². The average Bonchev–Trinajstić information content (AvgIpc) is 1.92. The van der Waals surface area contributed by atoms with Crippen molar-refractivity contribution < 1.29 is 0 Å². The first-order valence-corrected chi connectivity index (χ1v) is 3.67. The Labute approximate surface area is 67.6 Å². The molecule has 3 aliphatic rings. The van der Waals surface area contributed by atoms with Gasteiger partial charge in [0, 0.05) is 0 Å². The first kappa shape index (κ1) is 7.60. The molecular weight excluding hydrogens is 125 g/mol. The summed E-state index contributed by atoms with van der Waals surface area (Å²) in [6.07, 6.45) is 4.46. The van der Waals surface area contributed by atoms with Gasteiger partial charge in [0.05, 0.1) is 0 Å². The van der Waals surface area contributed by atoms with E-state index >= 15 is 0 Å². The van der Waals surface area contributed by atoms with E-state index in [-0.39, 0.29) is 17.4 Å². The van der Waals surface area contributed by atoms with Gasteiger partial charge >= 0.3 is 0 Å². The molecule has 0 atom stereocenters. The minimum absolute atomic E-state index is 0. The SMILES string of the molecule is C1CN2CCC1CC2.[AlH3]. The predicted molar refractivity (Wildman–Crippen MR) is 43.7 cm³/mol.